The summed E-state index contributed by atoms with van der Waals surface area (Å²) in [7, 11) is 0. The maximum Gasteiger partial charge on any atom is 0.0485 e. The first-order valence-corrected chi connectivity index (χ1v) is 17.6. The molecule has 0 radical (unpaired) electrons. The van der Waals surface area contributed by atoms with Crippen molar-refractivity contribution >= 4 is 0 Å². The second-order valence-corrected chi connectivity index (χ2v) is 13.4. The van der Waals surface area contributed by atoms with Crippen LogP contribution in [0, 0.1) is 0 Å². The van der Waals surface area contributed by atoms with Crippen LogP contribution in [0.2, 0.25) is 0 Å². The van der Waals surface area contributed by atoms with Crippen LogP contribution in [0.4, 0.5) is 0 Å². The number of azide groups is 1. The molecule has 0 saturated carbocycles. The minimum Gasteiger partial charge on any atom is -0.327 e. The number of benzene rings is 4. The molecule has 0 spiro atoms. The first kappa shape index (κ1) is 33.0. The maximum atomic E-state index is 8.98. The number of aromatic nitrogens is 2. The fraction of sp³-hybridized carbons (Fsp3) is 0.227. The van der Waals surface area contributed by atoms with Crippen LogP contribution in [0.1, 0.15) is 58.3 Å². The largest absolute Gasteiger partial charge is 0.327 e. The number of nitrogens with zero attached hydrogens (tertiary/aromatic N) is 5. The van der Waals surface area contributed by atoms with Crippen molar-refractivity contribution in [1.82, 2.24) is 9.97 Å². The average molecular weight is 655 g/mol. The number of hydrogen-bond acceptors (Lipinski definition) is 4. The molecule has 2 N–H and O–H groups in total. The van der Waals surface area contributed by atoms with Crippen LogP contribution in [0.3, 0.4) is 0 Å². The van der Waals surface area contributed by atoms with E-state index >= 15 is 0 Å². The van der Waals surface area contributed by atoms with Crippen molar-refractivity contribution in [2.75, 3.05) is 0 Å². The van der Waals surface area contributed by atoms with Gasteiger partial charge in [-0.15, -0.1) is 0 Å². The molecule has 4 unspecified atom stereocenters. The summed E-state index contributed by atoms with van der Waals surface area (Å²) in [6.07, 6.45) is 9.40. The fourth-order valence-corrected chi connectivity index (χ4v) is 7.62. The van der Waals surface area contributed by atoms with Gasteiger partial charge in [-0.05, 0) is 101 Å². The molecule has 4 aromatic carbocycles. The molecular formula is C44H42N6. The topological polar surface area (TPSA) is 101 Å². The summed E-state index contributed by atoms with van der Waals surface area (Å²) >= 11 is 0. The highest BCUT2D eigenvalue weighted by atomic mass is 15.2. The highest BCUT2D eigenvalue weighted by molar-refractivity contribution is 5.65. The number of hydrogen-bond donors (Lipinski definition) is 1. The van der Waals surface area contributed by atoms with Crippen LogP contribution >= 0.6 is 0 Å². The Morgan fingerprint density at radius 3 is 1.64 bits per heavy atom. The molecule has 0 amide bonds. The van der Waals surface area contributed by atoms with E-state index in [2.05, 4.69) is 135 Å². The maximum absolute atomic E-state index is 8.98. The van der Waals surface area contributed by atoms with Gasteiger partial charge in [0.25, 0.3) is 0 Å². The van der Waals surface area contributed by atoms with Gasteiger partial charge in [-0.25, -0.2) is 0 Å². The van der Waals surface area contributed by atoms with Crippen molar-refractivity contribution in [1.29, 1.82) is 0 Å². The van der Waals surface area contributed by atoms with Crippen molar-refractivity contribution in [2.24, 2.45) is 10.8 Å². The smallest absolute Gasteiger partial charge is 0.0485 e. The van der Waals surface area contributed by atoms with E-state index in [1.807, 2.05) is 30.6 Å². The van der Waals surface area contributed by atoms with E-state index in [1.165, 1.54) is 50.2 Å². The van der Waals surface area contributed by atoms with Gasteiger partial charge in [0.05, 0.1) is 0 Å². The molecule has 248 valence electrons. The van der Waals surface area contributed by atoms with E-state index in [1.54, 1.807) is 0 Å². The summed E-state index contributed by atoms with van der Waals surface area (Å²) < 4.78 is 0. The van der Waals surface area contributed by atoms with Crippen molar-refractivity contribution in [3.8, 4) is 22.3 Å². The lowest BCUT2D eigenvalue weighted by molar-refractivity contribution is 0.455. The fourth-order valence-electron chi connectivity index (χ4n) is 7.62. The summed E-state index contributed by atoms with van der Waals surface area (Å²) in [5.74, 6) is 0.433. The van der Waals surface area contributed by atoms with Crippen LogP contribution < -0.4 is 5.73 Å². The molecule has 4 atom stereocenters. The van der Waals surface area contributed by atoms with Crippen molar-refractivity contribution < 1.29 is 0 Å². The molecule has 8 rings (SSSR count). The highest BCUT2D eigenvalue weighted by Gasteiger charge is 2.30. The molecule has 0 saturated heterocycles. The molecule has 2 aromatic heterocycles. The molecule has 2 heterocycles. The highest BCUT2D eigenvalue weighted by Crippen LogP contribution is 2.36. The Bertz CT molecular complexity index is 2070. The van der Waals surface area contributed by atoms with Crippen LogP contribution in [0.5, 0.6) is 0 Å². The van der Waals surface area contributed by atoms with E-state index in [0.29, 0.717) is 5.92 Å². The molecule has 0 bridgehead atoms. The zero-order chi connectivity index (χ0) is 34.1. The third-order valence-corrected chi connectivity index (χ3v) is 10.2. The Balaban J connectivity index is 0.000000157. The van der Waals surface area contributed by atoms with Gasteiger partial charge in [0.2, 0.25) is 0 Å². The van der Waals surface area contributed by atoms with Crippen LogP contribution in [0.15, 0.2) is 151 Å². The number of rotatable bonds is 7. The van der Waals surface area contributed by atoms with Gasteiger partial charge in [-0.2, -0.15) is 0 Å². The predicted molar refractivity (Wildman–Crippen MR) is 203 cm³/mol. The number of aryl methyl sites for hydroxylation is 2. The zero-order valence-electron chi connectivity index (χ0n) is 28.2. The Kier molecular flexibility index (Phi) is 10.4. The van der Waals surface area contributed by atoms with E-state index in [-0.39, 0.29) is 18.0 Å². The monoisotopic (exact) mass is 654 g/mol. The van der Waals surface area contributed by atoms with Gasteiger partial charge in [-0.3, -0.25) is 9.97 Å². The lowest BCUT2D eigenvalue weighted by atomic mass is 9.79. The average Bonchev–Trinajstić information content (AvgIpc) is 3.18. The second kappa shape index (κ2) is 15.8. The Morgan fingerprint density at radius 1 is 0.580 bits per heavy atom. The van der Waals surface area contributed by atoms with Crippen molar-refractivity contribution in [2.45, 2.75) is 62.4 Å². The second-order valence-electron chi connectivity index (χ2n) is 13.4. The minimum atomic E-state index is -0.0391. The van der Waals surface area contributed by atoms with Gasteiger partial charge in [0.1, 0.15) is 0 Å². The van der Waals surface area contributed by atoms with Gasteiger partial charge in [0.15, 0.2) is 0 Å². The van der Waals surface area contributed by atoms with Crippen LogP contribution in [0.25, 0.3) is 32.7 Å². The van der Waals surface area contributed by atoms with Gasteiger partial charge in [-0.1, -0.05) is 126 Å². The lowest BCUT2D eigenvalue weighted by Crippen LogP contribution is -2.35. The molecule has 6 heteroatoms. The summed E-state index contributed by atoms with van der Waals surface area (Å²) in [5, 5.41) is 4.08. The van der Waals surface area contributed by atoms with Gasteiger partial charge >= 0.3 is 0 Å². The minimum absolute atomic E-state index is 0.0391. The SMILES string of the molecule is NC1CCc2cccnc2C1Cc1cccc(-c2ccccc2)c1.[N-]=[N+]=NC1CCc2cccnc2C1Cc1cccc(-c2ccccc2)c1. The van der Waals surface area contributed by atoms with E-state index < -0.39 is 0 Å². The van der Waals surface area contributed by atoms with E-state index in [4.69, 9.17) is 11.3 Å². The summed E-state index contributed by atoms with van der Waals surface area (Å²) in [6.45, 7) is 0. The van der Waals surface area contributed by atoms with Crippen LogP contribution in [-0.4, -0.2) is 22.1 Å². The molecule has 0 fully saturated rings. The molecule has 0 aliphatic heterocycles. The normalized spacial score (nSPS) is 19.1. The zero-order valence-corrected chi connectivity index (χ0v) is 28.2. The third-order valence-electron chi connectivity index (χ3n) is 10.2. The Hall–Kier alpha value is -5.55. The molecule has 2 aliphatic rings. The number of pyridine rings is 2. The summed E-state index contributed by atoms with van der Waals surface area (Å²) in [4.78, 5) is 12.4. The Morgan fingerprint density at radius 2 is 1.08 bits per heavy atom. The standard InChI is InChI=1S/C22H20N4.C22H22N2/c23-26-25-21-12-11-18-10-5-13-24-22(18)20(21)15-16-6-4-9-19(14-16)17-7-2-1-3-8-17;23-21-12-11-18-10-5-13-24-22(18)20(21)15-16-6-4-9-19(14-16)17-7-2-1-3-8-17/h1-10,13-14,20-21H,11-12,15H2;1-10,13-14,20-21H,11-12,15,23H2. The predicted octanol–water partition coefficient (Wildman–Crippen LogP) is 10.0. The molecule has 50 heavy (non-hydrogen) atoms. The molecule has 6 nitrogen and oxygen atoms in total. The van der Waals surface area contributed by atoms with E-state index in [0.717, 1.165) is 44.2 Å². The van der Waals surface area contributed by atoms with Crippen molar-refractivity contribution in [3.05, 3.63) is 190 Å². The summed E-state index contributed by atoms with van der Waals surface area (Å²) in [6, 6.07) is 46.9. The van der Waals surface area contributed by atoms with Gasteiger partial charge < -0.3 is 5.73 Å². The quantitative estimate of drug-likeness (QED) is 0.105. The number of fused-ring (bicyclic) bond motifs is 2. The first-order valence-electron chi connectivity index (χ1n) is 17.6. The van der Waals surface area contributed by atoms with Crippen LogP contribution in [-0.2, 0) is 25.7 Å². The lowest BCUT2D eigenvalue weighted by Gasteiger charge is -2.30. The van der Waals surface area contributed by atoms with E-state index in [9.17, 15) is 0 Å². The van der Waals surface area contributed by atoms with Crippen molar-refractivity contribution in [3.63, 3.8) is 0 Å². The number of nitrogens with two attached hydrogens (primary N) is 1. The Labute approximate surface area is 294 Å². The molecule has 2 aliphatic carbocycles. The van der Waals surface area contributed by atoms with Gasteiger partial charge in [0, 0.05) is 52.6 Å². The summed E-state index contributed by atoms with van der Waals surface area (Å²) in [5.41, 5.74) is 27.9. The third kappa shape index (κ3) is 7.68. The first-order chi connectivity index (χ1) is 24.7. The molecular weight excluding hydrogens is 613 g/mol. The molecule has 6 aromatic rings.